The van der Waals surface area contributed by atoms with Crippen LogP contribution in [0, 0.1) is 5.92 Å². The summed E-state index contributed by atoms with van der Waals surface area (Å²) >= 11 is 0. The number of allylic oxidation sites excluding steroid dienone is 3. The molecular formula is C19H28Cl2N2O. The van der Waals surface area contributed by atoms with E-state index >= 15 is 0 Å². The van der Waals surface area contributed by atoms with Crippen LogP contribution in [0.4, 0.5) is 0 Å². The number of nitrogens with two attached hydrogens (primary N) is 2. The van der Waals surface area contributed by atoms with E-state index in [0.717, 1.165) is 36.0 Å². The number of hydrogen-bond donors (Lipinski definition) is 2. The molecule has 0 aliphatic heterocycles. The maximum atomic E-state index is 12.9. The first-order chi connectivity index (χ1) is 10.5. The second-order valence-corrected chi connectivity index (χ2v) is 6.37. The Hall–Kier alpha value is -1.13. The first-order valence-electron chi connectivity index (χ1n) is 7.98. The minimum atomic E-state index is -0.0898. The van der Waals surface area contributed by atoms with Gasteiger partial charge in [-0.2, -0.15) is 0 Å². The van der Waals surface area contributed by atoms with Crippen molar-refractivity contribution < 1.29 is 4.79 Å². The third-order valence-corrected chi connectivity index (χ3v) is 3.86. The van der Waals surface area contributed by atoms with E-state index in [1.165, 1.54) is 0 Å². The highest BCUT2D eigenvalue weighted by Gasteiger charge is 2.22. The summed E-state index contributed by atoms with van der Waals surface area (Å²) in [5.41, 5.74) is 14.8. The van der Waals surface area contributed by atoms with Crippen molar-refractivity contribution in [2.45, 2.75) is 45.2 Å². The second-order valence-electron chi connectivity index (χ2n) is 6.37. The predicted molar refractivity (Wildman–Crippen MR) is 106 cm³/mol. The smallest absolute Gasteiger partial charge is 0.170 e. The van der Waals surface area contributed by atoms with Crippen molar-refractivity contribution in [3.63, 3.8) is 0 Å². The van der Waals surface area contributed by atoms with E-state index in [0.29, 0.717) is 0 Å². The Balaban J connectivity index is 0.00000264. The predicted octanol–water partition coefficient (Wildman–Crippen LogP) is 3.84. The van der Waals surface area contributed by atoms with Crippen molar-refractivity contribution in [3.8, 4) is 0 Å². The largest absolute Gasteiger partial charge is 0.328 e. The van der Waals surface area contributed by atoms with Gasteiger partial charge in [-0.05, 0) is 38.7 Å². The molecule has 0 fully saturated rings. The average Bonchev–Trinajstić information content (AvgIpc) is 2.46. The Bertz CT molecular complexity index is 595. The van der Waals surface area contributed by atoms with E-state index in [1.807, 2.05) is 38.1 Å². The third kappa shape index (κ3) is 6.40. The molecule has 24 heavy (non-hydrogen) atoms. The summed E-state index contributed by atoms with van der Waals surface area (Å²) in [5, 5.41) is 0. The molecule has 1 aromatic rings. The molecule has 0 bridgehead atoms. The van der Waals surface area contributed by atoms with Gasteiger partial charge in [0, 0.05) is 23.6 Å². The summed E-state index contributed by atoms with van der Waals surface area (Å²) in [4.78, 5) is 12.9. The number of carbonyl (C=O) groups is 1. The van der Waals surface area contributed by atoms with Gasteiger partial charge in [0.25, 0.3) is 0 Å². The van der Waals surface area contributed by atoms with E-state index in [1.54, 1.807) is 0 Å². The molecule has 0 aromatic heterocycles. The van der Waals surface area contributed by atoms with Crippen LogP contribution in [0.25, 0.3) is 0 Å². The minimum Gasteiger partial charge on any atom is -0.328 e. The molecule has 3 unspecified atom stereocenters. The van der Waals surface area contributed by atoms with E-state index in [4.69, 9.17) is 11.5 Å². The van der Waals surface area contributed by atoms with Gasteiger partial charge in [0.15, 0.2) is 5.78 Å². The Morgan fingerprint density at radius 3 is 2.38 bits per heavy atom. The van der Waals surface area contributed by atoms with Crippen LogP contribution in [0.1, 0.15) is 42.6 Å². The molecule has 1 aliphatic carbocycles. The summed E-state index contributed by atoms with van der Waals surface area (Å²) < 4.78 is 0. The molecule has 0 saturated heterocycles. The molecule has 0 saturated carbocycles. The summed E-state index contributed by atoms with van der Waals surface area (Å²) in [6.45, 7) is 3.95. The van der Waals surface area contributed by atoms with Crippen molar-refractivity contribution in [2.75, 3.05) is 0 Å². The van der Waals surface area contributed by atoms with Gasteiger partial charge in [-0.25, -0.2) is 0 Å². The highest BCUT2D eigenvalue weighted by molar-refractivity contribution is 6.00. The SMILES string of the molecule is CC(N)CC1=CC(C(=O)c2ccccc2CC(C)N)CC=C1.Cl.Cl. The van der Waals surface area contributed by atoms with Gasteiger partial charge < -0.3 is 11.5 Å². The first kappa shape index (κ1) is 22.9. The summed E-state index contributed by atoms with van der Waals surface area (Å²) in [6.07, 6.45) is 8.53. The number of ketones is 1. The number of rotatable bonds is 6. The number of Topliss-reactive ketones (excluding diaryl/α,β-unsaturated/α-hetero) is 1. The zero-order chi connectivity index (χ0) is 16.1. The fourth-order valence-corrected chi connectivity index (χ4v) is 2.92. The summed E-state index contributed by atoms with van der Waals surface area (Å²) in [6, 6.07) is 7.95. The quantitative estimate of drug-likeness (QED) is 0.747. The fourth-order valence-electron chi connectivity index (χ4n) is 2.92. The van der Waals surface area contributed by atoms with Crippen LogP contribution in [0.2, 0.25) is 0 Å². The van der Waals surface area contributed by atoms with Crippen LogP contribution >= 0.6 is 24.8 Å². The Labute approximate surface area is 157 Å². The van der Waals surface area contributed by atoms with Crippen molar-refractivity contribution in [2.24, 2.45) is 17.4 Å². The second kappa shape index (κ2) is 10.7. The van der Waals surface area contributed by atoms with Crippen LogP contribution in [-0.2, 0) is 6.42 Å². The highest BCUT2D eigenvalue weighted by Crippen LogP contribution is 2.25. The summed E-state index contributed by atoms with van der Waals surface area (Å²) in [5.74, 6) is 0.0933. The van der Waals surface area contributed by atoms with Crippen molar-refractivity contribution in [1.29, 1.82) is 0 Å². The highest BCUT2D eigenvalue weighted by atomic mass is 35.5. The Kier molecular flexibility index (Phi) is 10.2. The molecule has 0 heterocycles. The summed E-state index contributed by atoms with van der Waals surface area (Å²) in [7, 11) is 0. The first-order valence-corrected chi connectivity index (χ1v) is 7.98. The Morgan fingerprint density at radius 2 is 1.75 bits per heavy atom. The maximum Gasteiger partial charge on any atom is 0.170 e. The van der Waals surface area contributed by atoms with E-state index in [2.05, 4.69) is 18.2 Å². The molecular weight excluding hydrogens is 343 g/mol. The van der Waals surface area contributed by atoms with Crippen LogP contribution in [0.5, 0.6) is 0 Å². The van der Waals surface area contributed by atoms with Gasteiger partial charge in [-0.15, -0.1) is 24.8 Å². The fraction of sp³-hybridized carbons (Fsp3) is 0.421. The molecule has 3 nitrogen and oxygen atoms in total. The molecule has 0 spiro atoms. The topological polar surface area (TPSA) is 69.1 Å². The van der Waals surface area contributed by atoms with Gasteiger partial charge >= 0.3 is 0 Å². The molecule has 0 amide bonds. The normalized spacial score (nSPS) is 18.7. The number of carbonyl (C=O) groups excluding carboxylic acids is 1. The van der Waals surface area contributed by atoms with Crippen LogP contribution in [0.3, 0.4) is 0 Å². The minimum absolute atomic E-state index is 0. The van der Waals surface area contributed by atoms with Gasteiger partial charge in [-0.1, -0.05) is 48.1 Å². The average molecular weight is 371 g/mol. The number of hydrogen-bond acceptors (Lipinski definition) is 3. The maximum absolute atomic E-state index is 12.9. The Morgan fingerprint density at radius 1 is 1.12 bits per heavy atom. The lowest BCUT2D eigenvalue weighted by molar-refractivity contribution is 0.0944. The van der Waals surface area contributed by atoms with E-state index in [9.17, 15) is 4.79 Å². The molecule has 0 radical (unpaired) electrons. The van der Waals surface area contributed by atoms with Crippen LogP contribution < -0.4 is 11.5 Å². The van der Waals surface area contributed by atoms with Crippen LogP contribution in [0.15, 0.2) is 48.1 Å². The molecule has 5 heteroatoms. The molecule has 2 rings (SSSR count). The van der Waals surface area contributed by atoms with Gasteiger partial charge in [-0.3, -0.25) is 4.79 Å². The molecule has 134 valence electrons. The number of halogens is 2. The molecule has 3 atom stereocenters. The molecule has 1 aliphatic rings. The van der Waals surface area contributed by atoms with Gasteiger partial charge in [0.05, 0.1) is 0 Å². The zero-order valence-corrected chi connectivity index (χ0v) is 15.9. The monoisotopic (exact) mass is 370 g/mol. The van der Waals surface area contributed by atoms with Crippen molar-refractivity contribution in [1.82, 2.24) is 0 Å². The molecule has 4 N–H and O–H groups in total. The zero-order valence-electron chi connectivity index (χ0n) is 14.3. The van der Waals surface area contributed by atoms with Gasteiger partial charge in [0.2, 0.25) is 0 Å². The van der Waals surface area contributed by atoms with E-state index < -0.39 is 0 Å². The standard InChI is InChI=1S/C19H26N2O.2ClH/c1-13(20)10-15-6-5-8-17(12-15)19(22)18-9-4-3-7-16(18)11-14(2)21;;/h3-7,9,12-14,17H,8,10-11,20-21H2,1-2H3;2*1H. The van der Waals surface area contributed by atoms with E-state index in [-0.39, 0.29) is 48.6 Å². The van der Waals surface area contributed by atoms with Crippen molar-refractivity contribution >= 4 is 30.6 Å². The lowest BCUT2D eigenvalue weighted by Gasteiger charge is -2.19. The van der Waals surface area contributed by atoms with Crippen molar-refractivity contribution in [3.05, 3.63) is 59.2 Å². The number of benzene rings is 1. The molecule has 1 aromatic carbocycles. The lowest BCUT2D eigenvalue weighted by Crippen LogP contribution is -2.22. The third-order valence-electron chi connectivity index (χ3n) is 3.86. The van der Waals surface area contributed by atoms with Crippen LogP contribution in [-0.4, -0.2) is 17.9 Å². The lowest BCUT2D eigenvalue weighted by atomic mass is 9.85. The van der Waals surface area contributed by atoms with Gasteiger partial charge in [0.1, 0.15) is 0 Å².